The zero-order valence-electron chi connectivity index (χ0n) is 15.2. The van der Waals surface area contributed by atoms with Crippen LogP contribution in [0.4, 0.5) is 17.1 Å². The number of nitrogens with one attached hydrogen (secondary N) is 2. The Hall–Kier alpha value is -3.15. The molecule has 0 saturated heterocycles. The Bertz CT molecular complexity index is 800. The molecule has 0 spiro atoms. The third-order valence-corrected chi connectivity index (χ3v) is 3.86. The molecule has 2 N–H and O–H groups in total. The molecule has 0 atom stereocenters. The van der Waals surface area contributed by atoms with Gasteiger partial charge in [0.05, 0.1) is 0 Å². The van der Waals surface area contributed by atoms with E-state index >= 15 is 0 Å². The molecular formula is C20H23N3O3. The van der Waals surface area contributed by atoms with Crippen molar-refractivity contribution in [1.82, 2.24) is 0 Å². The Morgan fingerprint density at radius 3 is 2.15 bits per heavy atom. The highest BCUT2D eigenvalue weighted by Gasteiger charge is 2.14. The predicted molar refractivity (Wildman–Crippen MR) is 103 cm³/mol. The highest BCUT2D eigenvalue weighted by Crippen LogP contribution is 2.19. The van der Waals surface area contributed by atoms with E-state index in [1.807, 2.05) is 31.2 Å². The van der Waals surface area contributed by atoms with Gasteiger partial charge in [0.25, 0.3) is 0 Å². The molecule has 2 aromatic rings. The van der Waals surface area contributed by atoms with Crippen LogP contribution in [0.15, 0.2) is 48.5 Å². The minimum atomic E-state index is -0.158. The first-order chi connectivity index (χ1) is 12.4. The molecule has 136 valence electrons. The van der Waals surface area contributed by atoms with Gasteiger partial charge in [-0.05, 0) is 42.8 Å². The lowest BCUT2D eigenvalue weighted by Gasteiger charge is -2.21. The van der Waals surface area contributed by atoms with Crippen molar-refractivity contribution in [2.75, 3.05) is 22.1 Å². The molecule has 0 saturated carbocycles. The Balaban J connectivity index is 2.00. The zero-order valence-corrected chi connectivity index (χ0v) is 15.2. The van der Waals surface area contributed by atoms with E-state index in [1.54, 1.807) is 24.3 Å². The summed E-state index contributed by atoms with van der Waals surface area (Å²) < 4.78 is 0. The highest BCUT2D eigenvalue weighted by molar-refractivity contribution is 5.95. The van der Waals surface area contributed by atoms with Crippen molar-refractivity contribution in [3.63, 3.8) is 0 Å². The number of para-hydroxylation sites is 1. The third-order valence-electron chi connectivity index (χ3n) is 3.86. The molecule has 6 nitrogen and oxygen atoms in total. The Morgan fingerprint density at radius 1 is 0.923 bits per heavy atom. The smallest absolute Gasteiger partial charge is 0.226 e. The summed E-state index contributed by atoms with van der Waals surface area (Å²) in [6.07, 6.45) is 0.182. The lowest BCUT2D eigenvalue weighted by Crippen LogP contribution is -2.32. The van der Waals surface area contributed by atoms with Crippen LogP contribution < -0.4 is 15.5 Å². The molecule has 0 fully saturated rings. The molecular weight excluding hydrogens is 330 g/mol. The summed E-state index contributed by atoms with van der Waals surface area (Å²) >= 11 is 0. The number of anilines is 3. The van der Waals surface area contributed by atoms with Crippen molar-refractivity contribution in [1.29, 1.82) is 0 Å². The van der Waals surface area contributed by atoms with Gasteiger partial charge in [0.2, 0.25) is 17.7 Å². The van der Waals surface area contributed by atoms with Crippen LogP contribution in [0.3, 0.4) is 0 Å². The number of nitrogens with zero attached hydrogens (tertiary/aromatic N) is 1. The van der Waals surface area contributed by atoms with E-state index in [4.69, 9.17) is 0 Å². The summed E-state index contributed by atoms with van der Waals surface area (Å²) in [6, 6.07) is 14.5. The number of carbonyl (C=O) groups is 3. The lowest BCUT2D eigenvalue weighted by atomic mass is 10.2. The summed E-state index contributed by atoms with van der Waals surface area (Å²) in [4.78, 5) is 36.8. The van der Waals surface area contributed by atoms with Crippen LogP contribution in [0.5, 0.6) is 0 Å². The standard InChI is InChI=1S/C20H23N3O3/c1-14-6-4-5-7-19(14)22-20(26)12-13-23(16(3)25)18-10-8-17(9-11-18)21-15(2)24/h4-11H,12-13H2,1-3H3,(H,21,24)(H,22,26). The fourth-order valence-electron chi connectivity index (χ4n) is 2.54. The molecule has 2 rings (SSSR count). The number of carbonyl (C=O) groups excluding carboxylic acids is 3. The van der Waals surface area contributed by atoms with Gasteiger partial charge in [-0.3, -0.25) is 14.4 Å². The van der Waals surface area contributed by atoms with Crippen molar-refractivity contribution >= 4 is 34.8 Å². The van der Waals surface area contributed by atoms with Crippen LogP contribution in [0, 0.1) is 6.92 Å². The normalized spacial score (nSPS) is 10.1. The van der Waals surface area contributed by atoms with Crippen LogP contribution in [-0.4, -0.2) is 24.3 Å². The molecule has 0 aromatic heterocycles. The predicted octanol–water partition coefficient (Wildman–Crippen LogP) is 3.34. The Kier molecular flexibility index (Phi) is 6.49. The SMILES string of the molecule is CC(=O)Nc1ccc(N(CCC(=O)Nc2ccccc2C)C(C)=O)cc1. The number of aryl methyl sites for hydroxylation is 1. The summed E-state index contributed by atoms with van der Waals surface area (Å²) in [6.45, 7) is 5.09. The van der Waals surface area contributed by atoms with Crippen molar-refractivity contribution in [2.45, 2.75) is 27.2 Å². The van der Waals surface area contributed by atoms with Gasteiger partial charge < -0.3 is 15.5 Å². The van der Waals surface area contributed by atoms with Crippen LogP contribution in [0.2, 0.25) is 0 Å². The van der Waals surface area contributed by atoms with Crippen molar-refractivity contribution in [3.8, 4) is 0 Å². The minimum Gasteiger partial charge on any atom is -0.326 e. The third kappa shape index (κ3) is 5.44. The first-order valence-corrected chi connectivity index (χ1v) is 8.38. The van der Waals surface area contributed by atoms with Gasteiger partial charge in [0.15, 0.2) is 0 Å². The first kappa shape index (κ1) is 19.2. The number of rotatable bonds is 6. The second kappa shape index (κ2) is 8.80. The number of benzene rings is 2. The van der Waals surface area contributed by atoms with Crippen LogP contribution >= 0.6 is 0 Å². The quantitative estimate of drug-likeness (QED) is 0.836. The summed E-state index contributed by atoms with van der Waals surface area (Å²) in [7, 11) is 0. The zero-order chi connectivity index (χ0) is 19.1. The molecule has 0 aliphatic carbocycles. The molecule has 0 radical (unpaired) electrons. The first-order valence-electron chi connectivity index (χ1n) is 8.38. The average Bonchev–Trinajstić information content (AvgIpc) is 2.58. The summed E-state index contributed by atoms with van der Waals surface area (Å²) in [5.74, 6) is -0.463. The van der Waals surface area contributed by atoms with Crippen molar-refractivity contribution < 1.29 is 14.4 Å². The van der Waals surface area contributed by atoms with Gasteiger partial charge >= 0.3 is 0 Å². The van der Waals surface area contributed by atoms with E-state index in [-0.39, 0.29) is 30.7 Å². The fraction of sp³-hybridized carbons (Fsp3) is 0.250. The van der Waals surface area contributed by atoms with Crippen molar-refractivity contribution in [3.05, 3.63) is 54.1 Å². The Morgan fingerprint density at radius 2 is 1.58 bits per heavy atom. The van der Waals surface area contributed by atoms with E-state index in [0.717, 1.165) is 11.3 Å². The Labute approximate surface area is 153 Å². The molecule has 0 aliphatic heterocycles. The summed E-state index contributed by atoms with van der Waals surface area (Å²) in [5, 5.41) is 5.54. The van der Waals surface area contributed by atoms with E-state index in [2.05, 4.69) is 10.6 Å². The maximum atomic E-state index is 12.2. The van der Waals surface area contributed by atoms with Gasteiger partial charge in [0.1, 0.15) is 0 Å². The van der Waals surface area contributed by atoms with Gasteiger partial charge in [-0.1, -0.05) is 18.2 Å². The van der Waals surface area contributed by atoms with Crippen molar-refractivity contribution in [2.24, 2.45) is 0 Å². The second-order valence-electron chi connectivity index (χ2n) is 6.01. The molecule has 0 heterocycles. The maximum absolute atomic E-state index is 12.2. The lowest BCUT2D eigenvalue weighted by molar-refractivity contribution is -0.117. The van der Waals surface area contributed by atoms with Gasteiger partial charge in [-0.25, -0.2) is 0 Å². The fourth-order valence-corrected chi connectivity index (χ4v) is 2.54. The monoisotopic (exact) mass is 353 g/mol. The minimum absolute atomic E-state index is 0.152. The van der Waals surface area contributed by atoms with E-state index < -0.39 is 0 Å². The van der Waals surface area contributed by atoms with E-state index in [0.29, 0.717) is 11.4 Å². The molecule has 3 amide bonds. The molecule has 0 bridgehead atoms. The molecule has 26 heavy (non-hydrogen) atoms. The summed E-state index contributed by atoms with van der Waals surface area (Å²) in [5.41, 5.74) is 3.08. The van der Waals surface area contributed by atoms with Crippen LogP contribution in [0.1, 0.15) is 25.8 Å². The van der Waals surface area contributed by atoms with Gasteiger partial charge in [0, 0.05) is 43.9 Å². The van der Waals surface area contributed by atoms with Gasteiger partial charge in [-0.15, -0.1) is 0 Å². The van der Waals surface area contributed by atoms with Crippen LogP contribution in [-0.2, 0) is 14.4 Å². The maximum Gasteiger partial charge on any atom is 0.226 e. The van der Waals surface area contributed by atoms with E-state index in [9.17, 15) is 14.4 Å². The molecule has 2 aromatic carbocycles. The molecule has 0 aliphatic rings. The number of hydrogen-bond acceptors (Lipinski definition) is 3. The molecule has 6 heteroatoms. The second-order valence-corrected chi connectivity index (χ2v) is 6.01. The van der Waals surface area contributed by atoms with Crippen LogP contribution in [0.25, 0.3) is 0 Å². The average molecular weight is 353 g/mol. The number of amides is 3. The van der Waals surface area contributed by atoms with E-state index in [1.165, 1.54) is 18.7 Å². The molecule has 0 unspecified atom stereocenters. The largest absolute Gasteiger partial charge is 0.326 e. The highest BCUT2D eigenvalue weighted by atomic mass is 16.2. The van der Waals surface area contributed by atoms with Gasteiger partial charge in [-0.2, -0.15) is 0 Å². The number of hydrogen-bond donors (Lipinski definition) is 2. The topological polar surface area (TPSA) is 78.5 Å².